The van der Waals surface area contributed by atoms with E-state index in [1.807, 2.05) is 61.2 Å². The molecule has 1 N–H and O–H groups in total. The van der Waals surface area contributed by atoms with Crippen molar-refractivity contribution in [3.05, 3.63) is 70.3 Å². The number of aromatic nitrogens is 2. The highest BCUT2D eigenvalue weighted by Gasteiger charge is 2.27. The molecule has 1 aromatic heterocycles. The molecule has 6 nitrogen and oxygen atoms in total. The lowest BCUT2D eigenvalue weighted by Crippen LogP contribution is -2.41. The van der Waals surface area contributed by atoms with Crippen molar-refractivity contribution in [2.24, 2.45) is 7.05 Å². The minimum absolute atomic E-state index is 0.0937. The second-order valence-corrected chi connectivity index (χ2v) is 7.57. The van der Waals surface area contributed by atoms with E-state index in [4.69, 9.17) is 4.98 Å². The van der Waals surface area contributed by atoms with Gasteiger partial charge in [-0.2, -0.15) is 0 Å². The number of nitrogens with one attached hydrogen (secondary N) is 1. The Morgan fingerprint density at radius 2 is 1.83 bits per heavy atom. The zero-order valence-electron chi connectivity index (χ0n) is 18.2. The summed E-state index contributed by atoms with van der Waals surface area (Å²) in [7, 11) is 1.73. The molecule has 0 spiro atoms. The number of carbonyl (C=O) groups is 1. The fourth-order valence-corrected chi connectivity index (χ4v) is 3.70. The van der Waals surface area contributed by atoms with Gasteiger partial charge in [0, 0.05) is 19.3 Å². The molecule has 0 aliphatic heterocycles. The topological polar surface area (TPSA) is 67.2 Å². The van der Waals surface area contributed by atoms with E-state index < -0.39 is 0 Å². The molecule has 1 unspecified atom stereocenters. The number of hydrogen-bond donors (Lipinski definition) is 1. The largest absolute Gasteiger partial charge is 0.322 e. The third-order valence-electron chi connectivity index (χ3n) is 5.48. The second kappa shape index (κ2) is 9.57. The van der Waals surface area contributed by atoms with E-state index in [-0.39, 0.29) is 17.6 Å². The summed E-state index contributed by atoms with van der Waals surface area (Å²) in [6.45, 7) is 6.68. The molecule has 0 radical (unpaired) electrons. The molecule has 3 aromatic rings. The molecule has 1 atom stereocenters. The number of fused-ring (bicyclic) bond motifs is 1. The molecule has 30 heavy (non-hydrogen) atoms. The van der Waals surface area contributed by atoms with Gasteiger partial charge in [-0.3, -0.25) is 9.36 Å². The SMILES string of the molecule is CCCCN(C(=O)Nc1ccccc1C)C(CC)c1nc2ccccc2c(=O)n1C. The average molecular weight is 407 g/mol. The highest BCUT2D eigenvalue weighted by molar-refractivity contribution is 5.90. The lowest BCUT2D eigenvalue weighted by molar-refractivity contribution is 0.179. The summed E-state index contributed by atoms with van der Waals surface area (Å²) in [5, 5.41) is 3.63. The van der Waals surface area contributed by atoms with E-state index in [9.17, 15) is 9.59 Å². The zero-order valence-corrected chi connectivity index (χ0v) is 18.2. The van der Waals surface area contributed by atoms with Crippen LogP contribution in [0.3, 0.4) is 0 Å². The molecule has 0 fully saturated rings. The number of amides is 2. The monoisotopic (exact) mass is 406 g/mol. The lowest BCUT2D eigenvalue weighted by atomic mass is 10.1. The van der Waals surface area contributed by atoms with Crippen LogP contribution in [-0.4, -0.2) is 27.0 Å². The van der Waals surface area contributed by atoms with Gasteiger partial charge in [-0.1, -0.05) is 50.6 Å². The van der Waals surface area contributed by atoms with Crippen LogP contribution in [0.5, 0.6) is 0 Å². The Labute approximate surface area is 177 Å². The van der Waals surface area contributed by atoms with E-state index in [1.54, 1.807) is 17.7 Å². The smallest absolute Gasteiger partial charge is 0.314 e. The van der Waals surface area contributed by atoms with Crippen LogP contribution in [0.1, 0.15) is 50.5 Å². The molecule has 0 aliphatic rings. The van der Waals surface area contributed by atoms with Crippen LogP contribution in [0.2, 0.25) is 0 Å². The van der Waals surface area contributed by atoms with Crippen LogP contribution in [-0.2, 0) is 7.05 Å². The summed E-state index contributed by atoms with van der Waals surface area (Å²) in [4.78, 5) is 32.8. The van der Waals surface area contributed by atoms with Gasteiger partial charge in [0.15, 0.2) is 0 Å². The number of unbranched alkanes of at least 4 members (excludes halogenated alkanes) is 1. The first kappa shape index (κ1) is 21.6. The van der Waals surface area contributed by atoms with Gasteiger partial charge in [0.1, 0.15) is 5.82 Å². The van der Waals surface area contributed by atoms with Crippen molar-refractivity contribution in [3.8, 4) is 0 Å². The van der Waals surface area contributed by atoms with Gasteiger partial charge in [0.05, 0.1) is 16.9 Å². The Morgan fingerprint density at radius 3 is 2.53 bits per heavy atom. The summed E-state index contributed by atoms with van der Waals surface area (Å²) in [6, 6.07) is 14.6. The normalized spacial score (nSPS) is 12.0. The highest BCUT2D eigenvalue weighted by Crippen LogP contribution is 2.25. The summed E-state index contributed by atoms with van der Waals surface area (Å²) in [6.07, 6.45) is 2.50. The molecule has 2 aromatic carbocycles. The van der Waals surface area contributed by atoms with E-state index in [1.165, 1.54) is 0 Å². The van der Waals surface area contributed by atoms with Gasteiger partial charge in [-0.15, -0.1) is 0 Å². The fraction of sp³-hybridized carbons (Fsp3) is 0.375. The molecule has 2 amide bonds. The van der Waals surface area contributed by atoms with Gasteiger partial charge in [-0.05, 0) is 43.5 Å². The average Bonchev–Trinajstić information content (AvgIpc) is 2.75. The van der Waals surface area contributed by atoms with Crippen molar-refractivity contribution >= 4 is 22.6 Å². The van der Waals surface area contributed by atoms with Crippen LogP contribution in [0.15, 0.2) is 53.3 Å². The van der Waals surface area contributed by atoms with E-state index in [0.29, 0.717) is 29.7 Å². The van der Waals surface area contributed by atoms with Gasteiger partial charge in [0.25, 0.3) is 5.56 Å². The number of hydrogen-bond acceptors (Lipinski definition) is 3. The molecule has 0 saturated carbocycles. The van der Waals surface area contributed by atoms with Crippen molar-refractivity contribution in [2.75, 3.05) is 11.9 Å². The maximum absolute atomic E-state index is 13.3. The Bertz CT molecular complexity index is 1090. The minimum Gasteiger partial charge on any atom is -0.314 e. The quantitative estimate of drug-likeness (QED) is 0.598. The minimum atomic E-state index is -0.303. The van der Waals surface area contributed by atoms with Gasteiger partial charge in [-0.25, -0.2) is 9.78 Å². The van der Waals surface area contributed by atoms with Crippen molar-refractivity contribution in [2.45, 2.75) is 46.1 Å². The van der Waals surface area contributed by atoms with Crippen LogP contribution in [0, 0.1) is 6.92 Å². The Morgan fingerprint density at radius 1 is 1.13 bits per heavy atom. The second-order valence-electron chi connectivity index (χ2n) is 7.57. The number of aryl methyl sites for hydroxylation is 1. The van der Waals surface area contributed by atoms with Crippen LogP contribution in [0.25, 0.3) is 10.9 Å². The first-order valence-electron chi connectivity index (χ1n) is 10.6. The Kier molecular flexibility index (Phi) is 6.87. The van der Waals surface area contributed by atoms with Crippen molar-refractivity contribution < 1.29 is 4.79 Å². The number of rotatable bonds is 7. The predicted octanol–water partition coefficient (Wildman–Crippen LogP) is 5.03. The number of carbonyl (C=O) groups excluding carboxylic acids is 1. The molecular formula is C24H30N4O2. The van der Waals surface area contributed by atoms with E-state index >= 15 is 0 Å². The molecule has 0 aliphatic carbocycles. The first-order chi connectivity index (χ1) is 14.5. The van der Waals surface area contributed by atoms with Crippen LogP contribution >= 0.6 is 0 Å². The van der Waals surface area contributed by atoms with E-state index in [2.05, 4.69) is 12.2 Å². The third kappa shape index (κ3) is 4.37. The van der Waals surface area contributed by atoms with Gasteiger partial charge >= 0.3 is 6.03 Å². The Balaban J connectivity index is 2.02. The maximum Gasteiger partial charge on any atom is 0.322 e. The number of para-hydroxylation sites is 2. The number of nitrogens with zero attached hydrogens (tertiary/aromatic N) is 3. The summed E-state index contributed by atoms with van der Waals surface area (Å²) in [5.74, 6) is 0.609. The maximum atomic E-state index is 13.3. The molecule has 3 rings (SSSR count). The summed E-state index contributed by atoms with van der Waals surface area (Å²) < 4.78 is 1.58. The molecular weight excluding hydrogens is 376 g/mol. The van der Waals surface area contributed by atoms with Crippen LogP contribution in [0.4, 0.5) is 10.5 Å². The van der Waals surface area contributed by atoms with E-state index in [0.717, 1.165) is 24.1 Å². The molecule has 0 saturated heterocycles. The van der Waals surface area contributed by atoms with Gasteiger partial charge in [0.2, 0.25) is 0 Å². The Hall–Kier alpha value is -3.15. The standard InChI is InChI=1S/C24H30N4O2/c1-5-7-16-28(24(30)26-19-14-10-8-12-17(19)3)21(6-2)22-25-20-15-11-9-13-18(20)23(29)27(22)4/h8-15,21H,5-7,16H2,1-4H3,(H,26,30). The zero-order chi connectivity index (χ0) is 21.7. The number of anilines is 1. The van der Waals surface area contributed by atoms with Crippen molar-refractivity contribution in [3.63, 3.8) is 0 Å². The fourth-order valence-electron chi connectivity index (χ4n) is 3.70. The predicted molar refractivity (Wildman–Crippen MR) is 122 cm³/mol. The van der Waals surface area contributed by atoms with Crippen molar-refractivity contribution in [1.82, 2.24) is 14.5 Å². The number of urea groups is 1. The summed E-state index contributed by atoms with van der Waals surface area (Å²) in [5.41, 5.74) is 2.36. The highest BCUT2D eigenvalue weighted by atomic mass is 16.2. The third-order valence-corrected chi connectivity index (χ3v) is 5.48. The number of benzene rings is 2. The molecule has 158 valence electrons. The first-order valence-corrected chi connectivity index (χ1v) is 10.6. The lowest BCUT2D eigenvalue weighted by Gasteiger charge is -2.32. The molecule has 6 heteroatoms. The van der Waals surface area contributed by atoms with Gasteiger partial charge < -0.3 is 10.2 Å². The summed E-state index contributed by atoms with van der Waals surface area (Å²) >= 11 is 0. The molecule has 0 bridgehead atoms. The van der Waals surface area contributed by atoms with Crippen molar-refractivity contribution in [1.29, 1.82) is 0 Å². The molecule has 1 heterocycles. The van der Waals surface area contributed by atoms with Crippen LogP contribution < -0.4 is 10.9 Å².